The second kappa shape index (κ2) is 52.5. The summed E-state index contributed by atoms with van der Waals surface area (Å²) < 4.78 is 16.8. The minimum absolute atomic E-state index is 0.0935. The van der Waals surface area contributed by atoms with Crippen molar-refractivity contribution in [3.8, 4) is 0 Å². The van der Waals surface area contributed by atoms with Crippen molar-refractivity contribution in [1.29, 1.82) is 0 Å². The number of allylic oxidation sites excluding steroid dienone is 12. The molecular formula is C58H100O6. The van der Waals surface area contributed by atoms with Crippen LogP contribution in [0.3, 0.4) is 0 Å². The van der Waals surface area contributed by atoms with Gasteiger partial charge >= 0.3 is 17.9 Å². The Morgan fingerprint density at radius 2 is 0.625 bits per heavy atom. The van der Waals surface area contributed by atoms with Crippen LogP contribution in [0.2, 0.25) is 0 Å². The van der Waals surface area contributed by atoms with E-state index in [1.54, 1.807) is 0 Å². The molecule has 0 aromatic heterocycles. The van der Waals surface area contributed by atoms with Crippen LogP contribution in [-0.2, 0) is 28.6 Å². The largest absolute Gasteiger partial charge is 0.462 e. The van der Waals surface area contributed by atoms with Crippen LogP contribution in [0, 0.1) is 0 Å². The Labute approximate surface area is 395 Å². The number of unbranched alkanes of at least 4 members (excludes halogenated alkanes) is 25. The molecule has 1 atom stereocenters. The van der Waals surface area contributed by atoms with Crippen molar-refractivity contribution in [2.75, 3.05) is 13.2 Å². The van der Waals surface area contributed by atoms with Crippen LogP contribution in [0.25, 0.3) is 0 Å². The first kappa shape index (κ1) is 60.9. The van der Waals surface area contributed by atoms with E-state index in [-0.39, 0.29) is 37.5 Å². The Balaban J connectivity index is 4.44. The number of carbonyl (C=O) groups excluding carboxylic acids is 3. The molecule has 6 heteroatoms. The molecular weight excluding hydrogens is 793 g/mol. The molecule has 0 bridgehead atoms. The molecule has 0 heterocycles. The average molecular weight is 893 g/mol. The van der Waals surface area contributed by atoms with Crippen molar-refractivity contribution in [2.24, 2.45) is 0 Å². The predicted octanol–water partition coefficient (Wildman–Crippen LogP) is 17.8. The van der Waals surface area contributed by atoms with Gasteiger partial charge in [0.2, 0.25) is 0 Å². The zero-order valence-corrected chi connectivity index (χ0v) is 42.0. The smallest absolute Gasteiger partial charge is 0.306 e. The molecule has 0 aromatic carbocycles. The summed E-state index contributed by atoms with van der Waals surface area (Å²) in [6.07, 6.45) is 66.0. The van der Waals surface area contributed by atoms with Crippen molar-refractivity contribution in [3.63, 3.8) is 0 Å². The van der Waals surface area contributed by atoms with Crippen molar-refractivity contribution in [1.82, 2.24) is 0 Å². The number of hydrogen-bond donors (Lipinski definition) is 0. The third kappa shape index (κ3) is 49.9. The molecule has 0 aliphatic rings. The van der Waals surface area contributed by atoms with E-state index < -0.39 is 6.10 Å². The van der Waals surface area contributed by atoms with Gasteiger partial charge in [-0.2, -0.15) is 0 Å². The van der Waals surface area contributed by atoms with Crippen LogP contribution < -0.4 is 0 Å². The van der Waals surface area contributed by atoms with Gasteiger partial charge in [-0.05, 0) is 83.5 Å². The van der Waals surface area contributed by atoms with Crippen LogP contribution >= 0.6 is 0 Å². The fourth-order valence-electron chi connectivity index (χ4n) is 7.41. The molecule has 0 aromatic rings. The maximum absolute atomic E-state index is 12.8. The van der Waals surface area contributed by atoms with Gasteiger partial charge in [-0.15, -0.1) is 0 Å². The highest BCUT2D eigenvalue weighted by Crippen LogP contribution is 2.15. The van der Waals surface area contributed by atoms with Crippen LogP contribution in [-0.4, -0.2) is 37.2 Å². The van der Waals surface area contributed by atoms with Gasteiger partial charge in [0.05, 0.1) is 0 Å². The summed E-state index contributed by atoms with van der Waals surface area (Å²) in [6.45, 7) is 6.47. The molecule has 0 saturated carbocycles. The molecule has 0 amide bonds. The molecule has 0 saturated heterocycles. The van der Waals surface area contributed by atoms with Crippen molar-refractivity contribution < 1.29 is 28.6 Å². The molecule has 0 aliphatic heterocycles. The summed E-state index contributed by atoms with van der Waals surface area (Å²) in [7, 11) is 0. The molecule has 0 radical (unpaired) electrons. The first-order chi connectivity index (χ1) is 31.5. The van der Waals surface area contributed by atoms with E-state index in [4.69, 9.17) is 14.2 Å². The van der Waals surface area contributed by atoms with Crippen LogP contribution in [0.1, 0.15) is 258 Å². The van der Waals surface area contributed by atoms with E-state index >= 15 is 0 Å². The summed E-state index contributed by atoms with van der Waals surface area (Å²) in [6, 6.07) is 0. The standard InChI is InChI=1S/C58H100O6/c1-4-7-10-13-16-19-22-25-27-29-31-33-36-38-41-44-47-50-56(59)62-53-55(64-58(61)52-49-46-43-40-35-24-21-18-15-12-9-6-3)54-63-57(60)51-48-45-42-39-37-34-32-30-28-26-23-20-17-14-11-8-5-2/h7,10,16,19,25-28,31,33,38,41,55H,4-6,8-9,11-15,17-18,20-24,29-30,32,34-37,39-40,42-54H2,1-3H3/b10-7-,19-16-,27-25-,28-26-,33-31-,41-38-/t55-/m1/s1. The highest BCUT2D eigenvalue weighted by Gasteiger charge is 2.19. The lowest BCUT2D eigenvalue weighted by atomic mass is 10.0. The van der Waals surface area contributed by atoms with Gasteiger partial charge in [0.15, 0.2) is 6.10 Å². The van der Waals surface area contributed by atoms with Gasteiger partial charge < -0.3 is 14.2 Å². The Bertz CT molecular complexity index is 1210. The third-order valence-electron chi connectivity index (χ3n) is 11.4. The van der Waals surface area contributed by atoms with Crippen LogP contribution in [0.4, 0.5) is 0 Å². The molecule has 0 rings (SSSR count). The number of rotatable bonds is 48. The molecule has 368 valence electrons. The third-order valence-corrected chi connectivity index (χ3v) is 11.4. The highest BCUT2D eigenvalue weighted by molar-refractivity contribution is 5.71. The second-order valence-electron chi connectivity index (χ2n) is 17.8. The molecule has 0 unspecified atom stereocenters. The zero-order valence-electron chi connectivity index (χ0n) is 42.0. The lowest BCUT2D eigenvalue weighted by Gasteiger charge is -2.18. The fraction of sp³-hybridized carbons (Fsp3) is 0.741. The highest BCUT2D eigenvalue weighted by atomic mass is 16.6. The normalized spacial score (nSPS) is 12.6. The predicted molar refractivity (Wildman–Crippen MR) is 274 cm³/mol. The Kier molecular flexibility index (Phi) is 49.9. The number of carbonyl (C=O) groups is 3. The minimum Gasteiger partial charge on any atom is -0.462 e. The van der Waals surface area contributed by atoms with E-state index in [2.05, 4.69) is 93.7 Å². The average Bonchev–Trinajstić information content (AvgIpc) is 3.29. The topological polar surface area (TPSA) is 78.9 Å². The first-order valence-electron chi connectivity index (χ1n) is 26.9. The fourth-order valence-corrected chi connectivity index (χ4v) is 7.41. The zero-order chi connectivity index (χ0) is 46.5. The van der Waals surface area contributed by atoms with E-state index in [0.717, 1.165) is 77.0 Å². The molecule has 0 N–H and O–H groups in total. The maximum atomic E-state index is 12.8. The number of hydrogen-bond acceptors (Lipinski definition) is 6. The van der Waals surface area contributed by atoms with Gasteiger partial charge in [-0.1, -0.05) is 229 Å². The van der Waals surface area contributed by atoms with E-state index in [0.29, 0.717) is 19.3 Å². The van der Waals surface area contributed by atoms with Crippen LogP contribution in [0.5, 0.6) is 0 Å². The van der Waals surface area contributed by atoms with Gasteiger partial charge in [0.25, 0.3) is 0 Å². The summed E-state index contributed by atoms with van der Waals surface area (Å²) in [5.41, 5.74) is 0. The van der Waals surface area contributed by atoms with Gasteiger partial charge in [-0.3, -0.25) is 14.4 Å². The van der Waals surface area contributed by atoms with Crippen molar-refractivity contribution >= 4 is 17.9 Å². The summed E-state index contributed by atoms with van der Waals surface area (Å²) >= 11 is 0. The molecule has 6 nitrogen and oxygen atoms in total. The Hall–Kier alpha value is -3.15. The molecule has 0 fully saturated rings. The Morgan fingerprint density at radius 3 is 1.03 bits per heavy atom. The van der Waals surface area contributed by atoms with Crippen molar-refractivity contribution in [2.45, 2.75) is 264 Å². The first-order valence-corrected chi connectivity index (χ1v) is 26.9. The van der Waals surface area contributed by atoms with Crippen molar-refractivity contribution in [3.05, 3.63) is 72.9 Å². The molecule has 0 aliphatic carbocycles. The van der Waals surface area contributed by atoms with E-state index in [9.17, 15) is 14.4 Å². The van der Waals surface area contributed by atoms with Gasteiger partial charge in [0, 0.05) is 19.3 Å². The monoisotopic (exact) mass is 893 g/mol. The molecule has 0 spiro atoms. The van der Waals surface area contributed by atoms with Gasteiger partial charge in [-0.25, -0.2) is 0 Å². The lowest BCUT2D eigenvalue weighted by Crippen LogP contribution is -2.30. The second-order valence-corrected chi connectivity index (χ2v) is 17.8. The number of ether oxygens (including phenoxy) is 3. The SMILES string of the molecule is CC/C=C\C/C=C\C/C=C\C/C=C\C/C=C\CCCC(=O)OC[C@H](COC(=O)CCCCCCCCC/C=C\CCCCCCCC)OC(=O)CCCCCCCCCCCCCC. The minimum atomic E-state index is -0.797. The summed E-state index contributed by atoms with van der Waals surface area (Å²) in [5.74, 6) is -0.953. The lowest BCUT2D eigenvalue weighted by molar-refractivity contribution is -0.167. The summed E-state index contributed by atoms with van der Waals surface area (Å²) in [4.78, 5) is 38.0. The van der Waals surface area contributed by atoms with E-state index in [1.165, 1.54) is 135 Å². The molecule has 64 heavy (non-hydrogen) atoms. The summed E-state index contributed by atoms with van der Waals surface area (Å²) in [5, 5.41) is 0. The van der Waals surface area contributed by atoms with Crippen LogP contribution in [0.15, 0.2) is 72.9 Å². The quantitative estimate of drug-likeness (QED) is 0.0262. The number of esters is 3. The van der Waals surface area contributed by atoms with E-state index in [1.807, 2.05) is 0 Å². The van der Waals surface area contributed by atoms with Gasteiger partial charge in [0.1, 0.15) is 13.2 Å². The maximum Gasteiger partial charge on any atom is 0.306 e. The Morgan fingerprint density at radius 1 is 0.328 bits per heavy atom.